The Labute approximate surface area is 73.0 Å². The van der Waals surface area contributed by atoms with Crippen molar-refractivity contribution in [2.75, 3.05) is 0 Å². The van der Waals surface area contributed by atoms with E-state index in [1.807, 2.05) is 6.07 Å². The lowest BCUT2D eigenvalue weighted by Crippen LogP contribution is -1.86. The number of nitriles is 1. The van der Waals surface area contributed by atoms with Crippen molar-refractivity contribution in [1.29, 1.82) is 5.26 Å². The highest BCUT2D eigenvalue weighted by molar-refractivity contribution is 6.29. The van der Waals surface area contributed by atoms with Gasteiger partial charge in [0.1, 0.15) is 17.5 Å². The monoisotopic (exact) mass is 178 g/mol. The summed E-state index contributed by atoms with van der Waals surface area (Å²) >= 11 is 5.64. The first kappa shape index (κ1) is 7.07. The van der Waals surface area contributed by atoms with E-state index in [1.165, 1.54) is 6.33 Å². The second-order valence-electron chi connectivity index (χ2n) is 2.19. The molecule has 0 atom stereocenters. The van der Waals surface area contributed by atoms with E-state index in [1.54, 1.807) is 16.7 Å². The third-order valence-electron chi connectivity index (χ3n) is 1.46. The zero-order valence-electron chi connectivity index (χ0n) is 5.90. The Balaban J connectivity index is 2.86. The molecule has 0 fully saturated rings. The van der Waals surface area contributed by atoms with Gasteiger partial charge in [0.25, 0.3) is 0 Å². The van der Waals surface area contributed by atoms with Crippen LogP contribution in [0.4, 0.5) is 0 Å². The van der Waals surface area contributed by atoms with E-state index in [0.29, 0.717) is 10.8 Å². The molecule has 0 aliphatic heterocycles. The van der Waals surface area contributed by atoms with Crippen molar-refractivity contribution in [3.05, 3.63) is 29.4 Å². The maximum absolute atomic E-state index is 8.61. The summed E-state index contributed by atoms with van der Waals surface area (Å²) in [6.45, 7) is 0. The van der Waals surface area contributed by atoms with Crippen molar-refractivity contribution in [2.45, 2.75) is 0 Å². The van der Waals surface area contributed by atoms with Crippen molar-refractivity contribution in [1.82, 2.24) is 14.4 Å². The minimum Gasteiger partial charge on any atom is -0.289 e. The summed E-state index contributed by atoms with van der Waals surface area (Å²) in [4.78, 5) is 7.79. The van der Waals surface area contributed by atoms with Crippen LogP contribution in [-0.4, -0.2) is 14.4 Å². The number of halogens is 1. The molecular formula is C7H3ClN4. The number of hydrogen-bond acceptors (Lipinski definition) is 3. The molecule has 2 aromatic rings. The molecule has 0 saturated carbocycles. The number of hydrogen-bond donors (Lipinski definition) is 0. The molecule has 0 aromatic carbocycles. The number of imidazole rings is 1. The van der Waals surface area contributed by atoms with Gasteiger partial charge in [-0.15, -0.1) is 0 Å². The normalized spacial score (nSPS) is 10.0. The summed E-state index contributed by atoms with van der Waals surface area (Å²) in [5.41, 5.74) is 0.780. The maximum Gasteiger partial charge on any atom is 0.185 e. The highest BCUT2D eigenvalue weighted by Crippen LogP contribution is 2.09. The molecule has 4 nitrogen and oxygen atoms in total. The third-order valence-corrected chi connectivity index (χ3v) is 1.67. The molecule has 12 heavy (non-hydrogen) atoms. The minimum absolute atomic E-state index is 0.289. The molecule has 5 heteroatoms. The largest absolute Gasteiger partial charge is 0.289 e. The van der Waals surface area contributed by atoms with Crippen LogP contribution in [0.3, 0.4) is 0 Å². The Kier molecular flexibility index (Phi) is 1.45. The minimum atomic E-state index is 0.289. The van der Waals surface area contributed by atoms with Gasteiger partial charge in [-0.25, -0.2) is 9.97 Å². The second-order valence-corrected chi connectivity index (χ2v) is 2.57. The molecule has 58 valence electrons. The van der Waals surface area contributed by atoms with Gasteiger partial charge in [-0.1, -0.05) is 11.6 Å². The molecular weight excluding hydrogens is 176 g/mol. The fraction of sp³-hybridized carbons (Fsp3) is 0. The average molecular weight is 179 g/mol. The van der Waals surface area contributed by atoms with Crippen LogP contribution in [0, 0.1) is 11.3 Å². The zero-order valence-corrected chi connectivity index (χ0v) is 6.65. The lowest BCUT2D eigenvalue weighted by atomic mass is 10.5. The van der Waals surface area contributed by atoms with Crippen LogP contribution in [0.15, 0.2) is 18.6 Å². The molecule has 0 unspecified atom stereocenters. The molecule has 0 radical (unpaired) electrons. The van der Waals surface area contributed by atoms with Crippen LogP contribution >= 0.6 is 11.6 Å². The Bertz CT molecular complexity index is 468. The van der Waals surface area contributed by atoms with E-state index in [9.17, 15) is 0 Å². The molecule has 2 aromatic heterocycles. The van der Waals surface area contributed by atoms with Gasteiger partial charge in [0.2, 0.25) is 0 Å². The fourth-order valence-corrected chi connectivity index (χ4v) is 1.07. The molecule has 2 rings (SSSR count). The molecule has 2 heterocycles. The molecule has 0 spiro atoms. The summed E-state index contributed by atoms with van der Waals surface area (Å²) in [6, 6.07) is 3.56. The van der Waals surface area contributed by atoms with Crippen molar-refractivity contribution >= 4 is 17.2 Å². The van der Waals surface area contributed by atoms with E-state index < -0.39 is 0 Å². The van der Waals surface area contributed by atoms with E-state index >= 15 is 0 Å². The van der Waals surface area contributed by atoms with E-state index in [-0.39, 0.29) is 5.69 Å². The first-order chi connectivity index (χ1) is 5.81. The SMILES string of the molecule is N#Cc1ncn2ccc(Cl)nc12. The molecule has 0 N–H and O–H groups in total. The van der Waals surface area contributed by atoms with Gasteiger partial charge in [-0.2, -0.15) is 5.26 Å². The molecule has 0 aliphatic carbocycles. The van der Waals surface area contributed by atoms with Gasteiger partial charge in [-0.3, -0.25) is 4.40 Å². The third kappa shape index (κ3) is 0.917. The first-order valence-electron chi connectivity index (χ1n) is 3.20. The standard InChI is InChI=1S/C7H3ClN4/c8-6-1-2-12-4-10-5(3-9)7(12)11-6/h1-2,4H. The Morgan fingerprint density at radius 1 is 1.58 bits per heavy atom. The van der Waals surface area contributed by atoms with Crippen LogP contribution < -0.4 is 0 Å². The summed E-state index contributed by atoms with van der Waals surface area (Å²) in [6.07, 6.45) is 3.23. The highest BCUT2D eigenvalue weighted by atomic mass is 35.5. The van der Waals surface area contributed by atoms with Gasteiger partial charge in [-0.05, 0) is 6.07 Å². The lowest BCUT2D eigenvalue weighted by Gasteiger charge is -1.91. The van der Waals surface area contributed by atoms with Crippen LogP contribution in [0.2, 0.25) is 5.15 Å². The summed E-state index contributed by atoms with van der Waals surface area (Å²) in [5.74, 6) is 0. The highest BCUT2D eigenvalue weighted by Gasteiger charge is 2.03. The van der Waals surface area contributed by atoms with Gasteiger partial charge in [0, 0.05) is 6.20 Å². The molecule has 0 bridgehead atoms. The Morgan fingerprint density at radius 2 is 2.42 bits per heavy atom. The van der Waals surface area contributed by atoms with E-state index in [2.05, 4.69) is 9.97 Å². The molecule has 0 amide bonds. The van der Waals surface area contributed by atoms with Crippen LogP contribution in [0.25, 0.3) is 5.65 Å². The fourth-order valence-electron chi connectivity index (χ4n) is 0.934. The summed E-state index contributed by atoms with van der Waals surface area (Å²) < 4.78 is 1.64. The topological polar surface area (TPSA) is 54.0 Å². The van der Waals surface area contributed by atoms with Gasteiger partial charge < -0.3 is 0 Å². The Hall–Kier alpha value is -1.60. The van der Waals surface area contributed by atoms with Crippen molar-refractivity contribution in [2.24, 2.45) is 0 Å². The van der Waals surface area contributed by atoms with Crippen LogP contribution in [0.1, 0.15) is 5.69 Å². The predicted molar refractivity (Wildman–Crippen MR) is 42.7 cm³/mol. The zero-order chi connectivity index (χ0) is 8.55. The first-order valence-corrected chi connectivity index (χ1v) is 3.58. The second kappa shape index (κ2) is 2.47. The maximum atomic E-state index is 8.61. The quantitative estimate of drug-likeness (QED) is 0.571. The van der Waals surface area contributed by atoms with E-state index in [4.69, 9.17) is 16.9 Å². The number of rotatable bonds is 0. The van der Waals surface area contributed by atoms with Gasteiger partial charge >= 0.3 is 0 Å². The molecule has 0 saturated heterocycles. The van der Waals surface area contributed by atoms with Gasteiger partial charge in [0.05, 0.1) is 0 Å². The Morgan fingerprint density at radius 3 is 3.17 bits per heavy atom. The lowest BCUT2D eigenvalue weighted by molar-refractivity contribution is 1.11. The molecule has 0 aliphatic rings. The number of nitrogens with zero attached hydrogens (tertiary/aromatic N) is 4. The average Bonchev–Trinajstić information content (AvgIpc) is 2.46. The van der Waals surface area contributed by atoms with Crippen LogP contribution in [0.5, 0.6) is 0 Å². The predicted octanol–water partition coefficient (Wildman–Crippen LogP) is 1.25. The van der Waals surface area contributed by atoms with Crippen LogP contribution in [-0.2, 0) is 0 Å². The van der Waals surface area contributed by atoms with E-state index in [0.717, 1.165) is 0 Å². The summed E-state index contributed by atoms with van der Waals surface area (Å²) in [7, 11) is 0. The number of aromatic nitrogens is 3. The van der Waals surface area contributed by atoms with Crippen molar-refractivity contribution in [3.8, 4) is 6.07 Å². The summed E-state index contributed by atoms with van der Waals surface area (Å²) in [5, 5.41) is 8.97. The van der Waals surface area contributed by atoms with Crippen molar-refractivity contribution in [3.63, 3.8) is 0 Å². The number of fused-ring (bicyclic) bond motifs is 1. The smallest absolute Gasteiger partial charge is 0.185 e. The van der Waals surface area contributed by atoms with Gasteiger partial charge in [0.15, 0.2) is 11.3 Å². The van der Waals surface area contributed by atoms with Crippen molar-refractivity contribution < 1.29 is 0 Å².